The van der Waals surface area contributed by atoms with Crippen LogP contribution in [0, 0.1) is 0 Å². The van der Waals surface area contributed by atoms with Crippen LogP contribution in [0.4, 0.5) is 4.79 Å². The third-order valence-corrected chi connectivity index (χ3v) is 5.39. The molecule has 2 aromatic rings. The minimum absolute atomic E-state index is 0.110. The molecule has 0 saturated carbocycles. The van der Waals surface area contributed by atoms with Gasteiger partial charge >= 0.3 is 6.09 Å². The molecule has 2 saturated heterocycles. The molecule has 2 heterocycles. The Morgan fingerprint density at radius 3 is 2.47 bits per heavy atom. The highest BCUT2D eigenvalue weighted by molar-refractivity contribution is 5.97. The summed E-state index contributed by atoms with van der Waals surface area (Å²) in [5.41, 5.74) is 0.929. The van der Waals surface area contributed by atoms with E-state index >= 15 is 0 Å². The number of nitrogens with one attached hydrogen (secondary N) is 1. The van der Waals surface area contributed by atoms with Crippen LogP contribution < -0.4 is 14.8 Å². The zero-order valence-corrected chi connectivity index (χ0v) is 16.6. The first-order valence-electron chi connectivity index (χ1n) is 9.81. The molecule has 2 atom stereocenters. The summed E-state index contributed by atoms with van der Waals surface area (Å²) in [5, 5.41) is 2.81. The highest BCUT2D eigenvalue weighted by Crippen LogP contribution is 2.20. The van der Waals surface area contributed by atoms with Gasteiger partial charge in [-0.15, -0.1) is 0 Å². The molecule has 0 bridgehead atoms. The van der Waals surface area contributed by atoms with E-state index in [1.54, 1.807) is 36.3 Å². The Morgan fingerprint density at radius 2 is 1.77 bits per heavy atom. The molecule has 8 heteroatoms. The van der Waals surface area contributed by atoms with Crippen molar-refractivity contribution in [2.45, 2.75) is 18.5 Å². The van der Waals surface area contributed by atoms with Crippen molar-refractivity contribution in [1.29, 1.82) is 0 Å². The van der Waals surface area contributed by atoms with Gasteiger partial charge in [-0.05, 0) is 29.8 Å². The quantitative estimate of drug-likeness (QED) is 0.826. The standard InChI is InChI=1S/C22H23N3O5/c1-29-16-9-7-15(8-10-16)13-18-21(27)25-12-11-24(14-19(25)20(26)23-18)22(28)30-17-5-3-2-4-6-17/h2-10,18-19H,11-14H2,1H3,(H,23,26)/t18-,19+/m0/s1. The van der Waals surface area contributed by atoms with Crippen molar-refractivity contribution in [3.63, 3.8) is 0 Å². The van der Waals surface area contributed by atoms with Gasteiger partial charge in [-0.2, -0.15) is 0 Å². The largest absolute Gasteiger partial charge is 0.497 e. The summed E-state index contributed by atoms with van der Waals surface area (Å²) in [5.74, 6) is 0.779. The normalized spacial score (nSPS) is 21.0. The zero-order valence-electron chi connectivity index (χ0n) is 16.6. The number of rotatable bonds is 4. The lowest BCUT2D eigenvalue weighted by Gasteiger charge is -2.44. The number of benzene rings is 2. The van der Waals surface area contributed by atoms with Gasteiger partial charge in [-0.3, -0.25) is 9.59 Å². The second-order valence-corrected chi connectivity index (χ2v) is 7.29. The summed E-state index contributed by atoms with van der Waals surface area (Å²) in [7, 11) is 1.59. The first-order valence-corrected chi connectivity index (χ1v) is 9.81. The summed E-state index contributed by atoms with van der Waals surface area (Å²) in [6.45, 7) is 0.717. The van der Waals surface area contributed by atoms with Crippen molar-refractivity contribution < 1.29 is 23.9 Å². The van der Waals surface area contributed by atoms with E-state index in [1.165, 1.54) is 4.90 Å². The van der Waals surface area contributed by atoms with E-state index in [9.17, 15) is 14.4 Å². The number of hydrogen-bond donors (Lipinski definition) is 1. The molecule has 0 unspecified atom stereocenters. The molecule has 30 heavy (non-hydrogen) atoms. The van der Waals surface area contributed by atoms with Crippen molar-refractivity contribution in [2.24, 2.45) is 0 Å². The average Bonchev–Trinajstić information content (AvgIpc) is 2.78. The first-order chi connectivity index (χ1) is 14.5. The number of fused-ring (bicyclic) bond motifs is 1. The highest BCUT2D eigenvalue weighted by atomic mass is 16.6. The zero-order chi connectivity index (χ0) is 21.1. The van der Waals surface area contributed by atoms with Crippen molar-refractivity contribution in [2.75, 3.05) is 26.7 Å². The van der Waals surface area contributed by atoms with Crippen LogP contribution in [-0.4, -0.2) is 66.5 Å². The Kier molecular flexibility index (Phi) is 5.56. The number of methoxy groups -OCH3 is 1. The third kappa shape index (κ3) is 4.07. The third-order valence-electron chi connectivity index (χ3n) is 5.39. The molecule has 3 amide bonds. The van der Waals surface area contributed by atoms with Crippen LogP contribution in [0.15, 0.2) is 54.6 Å². The van der Waals surface area contributed by atoms with Gasteiger partial charge in [0.15, 0.2) is 0 Å². The van der Waals surface area contributed by atoms with Crippen molar-refractivity contribution in [1.82, 2.24) is 15.1 Å². The maximum Gasteiger partial charge on any atom is 0.415 e. The second-order valence-electron chi connectivity index (χ2n) is 7.29. The molecule has 156 valence electrons. The van der Waals surface area contributed by atoms with Crippen molar-refractivity contribution >= 4 is 17.9 Å². The van der Waals surface area contributed by atoms with E-state index in [2.05, 4.69) is 5.32 Å². The number of carbonyl (C=O) groups excluding carboxylic acids is 3. The monoisotopic (exact) mass is 409 g/mol. The molecule has 2 aliphatic heterocycles. The number of nitrogens with zero attached hydrogens (tertiary/aromatic N) is 2. The maximum atomic E-state index is 13.0. The van der Waals surface area contributed by atoms with Crippen LogP contribution in [0.5, 0.6) is 11.5 Å². The molecule has 8 nitrogen and oxygen atoms in total. The molecule has 4 rings (SSSR count). The van der Waals surface area contributed by atoms with E-state index in [1.807, 2.05) is 30.3 Å². The summed E-state index contributed by atoms with van der Waals surface area (Å²) in [4.78, 5) is 41.1. The number of ether oxygens (including phenoxy) is 2. The predicted octanol–water partition coefficient (Wildman–Crippen LogP) is 1.45. The van der Waals surface area contributed by atoms with Gasteiger partial charge in [0.1, 0.15) is 23.6 Å². The molecule has 1 N–H and O–H groups in total. The molecule has 0 aromatic heterocycles. The van der Waals surface area contributed by atoms with E-state index in [0.717, 1.165) is 11.3 Å². The molecule has 0 aliphatic carbocycles. The van der Waals surface area contributed by atoms with Gasteiger partial charge < -0.3 is 24.6 Å². The van der Waals surface area contributed by atoms with E-state index < -0.39 is 18.2 Å². The Balaban J connectivity index is 1.39. The first kappa shape index (κ1) is 19.8. The second kappa shape index (κ2) is 8.44. The fourth-order valence-electron chi connectivity index (χ4n) is 3.76. The molecular weight excluding hydrogens is 386 g/mol. The molecule has 2 fully saturated rings. The number of amides is 3. The highest BCUT2D eigenvalue weighted by Gasteiger charge is 2.44. The molecule has 0 spiro atoms. The molecule has 0 radical (unpaired) electrons. The summed E-state index contributed by atoms with van der Waals surface area (Å²) < 4.78 is 10.5. The van der Waals surface area contributed by atoms with Gasteiger partial charge in [-0.1, -0.05) is 30.3 Å². The number of carbonyl (C=O) groups is 3. The van der Waals surface area contributed by atoms with Crippen LogP contribution in [0.1, 0.15) is 5.56 Å². The van der Waals surface area contributed by atoms with Gasteiger partial charge in [0.2, 0.25) is 11.8 Å². The van der Waals surface area contributed by atoms with Crippen LogP contribution >= 0.6 is 0 Å². The maximum absolute atomic E-state index is 13.0. The lowest BCUT2D eigenvalue weighted by Crippen LogP contribution is -2.70. The van der Waals surface area contributed by atoms with Gasteiger partial charge in [-0.25, -0.2) is 4.79 Å². The SMILES string of the molecule is COc1ccc(C[C@@H]2NC(=O)[C@H]3CN(C(=O)Oc4ccccc4)CCN3C2=O)cc1. The van der Waals surface area contributed by atoms with E-state index in [0.29, 0.717) is 25.3 Å². The summed E-state index contributed by atoms with van der Waals surface area (Å²) in [6.07, 6.45) is -0.126. The Hall–Kier alpha value is -3.55. The Labute approximate surface area is 174 Å². The lowest BCUT2D eigenvalue weighted by molar-refractivity contribution is -0.152. The fourth-order valence-corrected chi connectivity index (χ4v) is 3.76. The summed E-state index contributed by atoms with van der Waals surface area (Å²) in [6, 6.07) is 14.8. The summed E-state index contributed by atoms with van der Waals surface area (Å²) >= 11 is 0. The molecule has 2 aromatic carbocycles. The van der Waals surface area contributed by atoms with Gasteiger partial charge in [0.05, 0.1) is 13.7 Å². The minimum atomic E-state index is -0.707. The van der Waals surface area contributed by atoms with Crippen molar-refractivity contribution in [3.8, 4) is 11.5 Å². The van der Waals surface area contributed by atoms with Crippen LogP contribution in [0.3, 0.4) is 0 Å². The molecular formula is C22H23N3O5. The van der Waals surface area contributed by atoms with Crippen LogP contribution in [-0.2, 0) is 16.0 Å². The van der Waals surface area contributed by atoms with E-state index in [4.69, 9.17) is 9.47 Å². The fraction of sp³-hybridized carbons (Fsp3) is 0.318. The van der Waals surface area contributed by atoms with Gasteiger partial charge in [0, 0.05) is 19.5 Å². The molecule has 2 aliphatic rings. The minimum Gasteiger partial charge on any atom is -0.497 e. The van der Waals surface area contributed by atoms with Gasteiger partial charge in [0.25, 0.3) is 0 Å². The Morgan fingerprint density at radius 1 is 1.03 bits per heavy atom. The number of para-hydroxylation sites is 1. The van der Waals surface area contributed by atoms with Crippen LogP contribution in [0.25, 0.3) is 0 Å². The Bertz CT molecular complexity index is 932. The average molecular weight is 409 g/mol. The van der Waals surface area contributed by atoms with Crippen LogP contribution in [0.2, 0.25) is 0 Å². The topological polar surface area (TPSA) is 88.2 Å². The number of piperazine rings is 2. The smallest absolute Gasteiger partial charge is 0.415 e. The predicted molar refractivity (Wildman–Crippen MR) is 108 cm³/mol. The number of hydrogen-bond acceptors (Lipinski definition) is 5. The lowest BCUT2D eigenvalue weighted by atomic mass is 9.98. The van der Waals surface area contributed by atoms with Crippen molar-refractivity contribution in [3.05, 3.63) is 60.2 Å². The van der Waals surface area contributed by atoms with E-state index in [-0.39, 0.29) is 18.4 Å².